The van der Waals surface area contributed by atoms with Crippen LogP contribution < -0.4 is 0 Å². The minimum absolute atomic E-state index is 0.254. The van der Waals surface area contributed by atoms with Crippen LogP contribution in [0, 0.1) is 5.41 Å². The molecule has 0 bridgehead atoms. The lowest BCUT2D eigenvalue weighted by atomic mass is 9.72. The lowest BCUT2D eigenvalue weighted by molar-refractivity contribution is -0.118. The SMILES string of the molecule is C=C(C)C(=O)CC1(C)CCCCC1.CC. The van der Waals surface area contributed by atoms with Gasteiger partial charge in [0.25, 0.3) is 0 Å². The number of carbonyl (C=O) groups excluding carboxylic acids is 1. The van der Waals surface area contributed by atoms with Gasteiger partial charge in [0.1, 0.15) is 0 Å². The molecule has 1 fully saturated rings. The first-order chi connectivity index (χ1) is 7.03. The van der Waals surface area contributed by atoms with Gasteiger partial charge in [-0.1, -0.05) is 46.6 Å². The number of rotatable bonds is 3. The first-order valence-corrected chi connectivity index (χ1v) is 6.22. The third-order valence-corrected chi connectivity index (χ3v) is 3.12. The zero-order valence-corrected chi connectivity index (χ0v) is 10.9. The van der Waals surface area contributed by atoms with Crippen LogP contribution in [0.5, 0.6) is 0 Å². The number of allylic oxidation sites excluding steroid dienone is 1. The molecule has 0 aliphatic heterocycles. The summed E-state index contributed by atoms with van der Waals surface area (Å²) in [5.41, 5.74) is 0.987. The highest BCUT2D eigenvalue weighted by atomic mass is 16.1. The van der Waals surface area contributed by atoms with Crippen molar-refractivity contribution in [1.29, 1.82) is 0 Å². The molecule has 0 amide bonds. The second-order valence-corrected chi connectivity index (χ2v) is 4.75. The molecule has 1 aliphatic rings. The van der Waals surface area contributed by atoms with Crippen molar-refractivity contribution in [2.24, 2.45) is 5.41 Å². The Morgan fingerprint density at radius 1 is 1.20 bits per heavy atom. The van der Waals surface area contributed by atoms with Crippen molar-refractivity contribution < 1.29 is 4.79 Å². The van der Waals surface area contributed by atoms with E-state index in [1.165, 1.54) is 32.1 Å². The Hall–Kier alpha value is -0.590. The van der Waals surface area contributed by atoms with Gasteiger partial charge in [0.2, 0.25) is 0 Å². The molecule has 88 valence electrons. The molecule has 0 atom stereocenters. The molecule has 1 saturated carbocycles. The van der Waals surface area contributed by atoms with Gasteiger partial charge in [-0.25, -0.2) is 0 Å². The van der Waals surface area contributed by atoms with Crippen molar-refractivity contribution in [3.8, 4) is 0 Å². The normalized spacial score (nSPS) is 18.7. The van der Waals surface area contributed by atoms with Crippen LogP contribution in [-0.2, 0) is 4.79 Å². The van der Waals surface area contributed by atoms with Crippen LogP contribution in [0.2, 0.25) is 0 Å². The molecule has 15 heavy (non-hydrogen) atoms. The summed E-state index contributed by atoms with van der Waals surface area (Å²) in [6.07, 6.45) is 7.07. The lowest BCUT2D eigenvalue weighted by Gasteiger charge is -2.32. The summed E-state index contributed by atoms with van der Waals surface area (Å²) < 4.78 is 0. The van der Waals surface area contributed by atoms with Crippen molar-refractivity contribution in [1.82, 2.24) is 0 Å². The zero-order valence-electron chi connectivity index (χ0n) is 10.9. The summed E-state index contributed by atoms with van der Waals surface area (Å²) in [6, 6.07) is 0. The number of hydrogen-bond acceptors (Lipinski definition) is 1. The summed E-state index contributed by atoms with van der Waals surface area (Å²) >= 11 is 0. The van der Waals surface area contributed by atoms with Crippen LogP contribution in [0.4, 0.5) is 0 Å². The quantitative estimate of drug-likeness (QED) is 0.626. The molecule has 0 aromatic heterocycles. The summed E-state index contributed by atoms with van der Waals surface area (Å²) in [5, 5.41) is 0. The smallest absolute Gasteiger partial charge is 0.158 e. The lowest BCUT2D eigenvalue weighted by Crippen LogP contribution is -2.24. The van der Waals surface area contributed by atoms with E-state index in [-0.39, 0.29) is 11.2 Å². The fraction of sp³-hybridized carbons (Fsp3) is 0.786. The van der Waals surface area contributed by atoms with Crippen molar-refractivity contribution >= 4 is 5.78 Å². The maximum absolute atomic E-state index is 11.5. The van der Waals surface area contributed by atoms with Crippen LogP contribution in [0.25, 0.3) is 0 Å². The van der Waals surface area contributed by atoms with E-state index in [0.717, 1.165) is 0 Å². The summed E-state index contributed by atoms with van der Waals surface area (Å²) in [4.78, 5) is 11.5. The monoisotopic (exact) mass is 210 g/mol. The van der Waals surface area contributed by atoms with Gasteiger partial charge in [-0.2, -0.15) is 0 Å². The van der Waals surface area contributed by atoms with Crippen LogP contribution in [0.15, 0.2) is 12.2 Å². The predicted molar refractivity (Wildman–Crippen MR) is 67.0 cm³/mol. The van der Waals surface area contributed by atoms with E-state index in [9.17, 15) is 4.79 Å². The molecule has 1 rings (SSSR count). The molecule has 0 N–H and O–H groups in total. The van der Waals surface area contributed by atoms with E-state index in [1.54, 1.807) is 0 Å². The Bertz CT molecular complexity index is 209. The second kappa shape index (κ2) is 6.81. The number of hydrogen-bond donors (Lipinski definition) is 0. The standard InChI is InChI=1S/C12H20O.C2H6/c1-10(2)11(13)9-12(3)7-5-4-6-8-12;1-2/h1,4-9H2,2-3H3;1-2H3. The fourth-order valence-electron chi connectivity index (χ4n) is 2.12. The van der Waals surface area contributed by atoms with Crippen LogP contribution in [0.1, 0.15) is 66.2 Å². The second-order valence-electron chi connectivity index (χ2n) is 4.75. The van der Waals surface area contributed by atoms with Gasteiger partial charge < -0.3 is 0 Å². The number of Topliss-reactive ketones (excluding diaryl/α,β-unsaturated/α-hetero) is 1. The zero-order chi connectivity index (χ0) is 11.9. The summed E-state index contributed by atoms with van der Waals surface area (Å²) in [6.45, 7) is 11.8. The van der Waals surface area contributed by atoms with Crippen molar-refractivity contribution in [3.05, 3.63) is 12.2 Å². The van der Waals surface area contributed by atoms with E-state index < -0.39 is 0 Å². The van der Waals surface area contributed by atoms with E-state index in [0.29, 0.717) is 12.0 Å². The van der Waals surface area contributed by atoms with E-state index in [1.807, 2.05) is 20.8 Å². The minimum Gasteiger partial charge on any atom is -0.295 e. The fourth-order valence-corrected chi connectivity index (χ4v) is 2.12. The largest absolute Gasteiger partial charge is 0.295 e. The van der Waals surface area contributed by atoms with Crippen molar-refractivity contribution in [2.45, 2.75) is 66.2 Å². The molecule has 0 spiro atoms. The highest BCUT2D eigenvalue weighted by Crippen LogP contribution is 2.39. The Labute approximate surface area is 95.0 Å². The van der Waals surface area contributed by atoms with Crippen LogP contribution in [0.3, 0.4) is 0 Å². The van der Waals surface area contributed by atoms with Gasteiger partial charge in [-0.3, -0.25) is 4.79 Å². The van der Waals surface area contributed by atoms with E-state index >= 15 is 0 Å². The van der Waals surface area contributed by atoms with Gasteiger partial charge in [0, 0.05) is 6.42 Å². The molecular weight excluding hydrogens is 184 g/mol. The van der Waals surface area contributed by atoms with E-state index in [2.05, 4.69) is 13.5 Å². The minimum atomic E-state index is 0.254. The molecule has 0 heterocycles. The first-order valence-electron chi connectivity index (χ1n) is 6.22. The molecule has 1 heteroatoms. The third-order valence-electron chi connectivity index (χ3n) is 3.12. The van der Waals surface area contributed by atoms with Gasteiger partial charge in [-0.05, 0) is 30.8 Å². The van der Waals surface area contributed by atoms with Gasteiger partial charge in [-0.15, -0.1) is 0 Å². The van der Waals surface area contributed by atoms with Gasteiger partial charge in [0.15, 0.2) is 5.78 Å². The third kappa shape index (κ3) is 5.15. The molecule has 0 aromatic carbocycles. The van der Waals surface area contributed by atoms with Gasteiger partial charge in [0.05, 0.1) is 0 Å². The maximum atomic E-state index is 11.5. The van der Waals surface area contributed by atoms with Crippen LogP contribution >= 0.6 is 0 Å². The van der Waals surface area contributed by atoms with Crippen molar-refractivity contribution in [3.63, 3.8) is 0 Å². The predicted octanol–water partition coefficient (Wildman–Crippen LogP) is 4.52. The Morgan fingerprint density at radius 3 is 2.07 bits per heavy atom. The number of ketones is 1. The maximum Gasteiger partial charge on any atom is 0.158 e. The van der Waals surface area contributed by atoms with Crippen molar-refractivity contribution in [2.75, 3.05) is 0 Å². The van der Waals surface area contributed by atoms with Gasteiger partial charge >= 0.3 is 0 Å². The summed E-state index contributed by atoms with van der Waals surface area (Å²) in [7, 11) is 0. The van der Waals surface area contributed by atoms with E-state index in [4.69, 9.17) is 0 Å². The molecule has 0 aromatic rings. The Morgan fingerprint density at radius 2 is 1.67 bits per heavy atom. The molecular formula is C14H26O. The highest BCUT2D eigenvalue weighted by molar-refractivity contribution is 5.94. The molecule has 1 aliphatic carbocycles. The molecule has 0 saturated heterocycles. The molecule has 0 unspecified atom stereocenters. The highest BCUT2D eigenvalue weighted by Gasteiger charge is 2.29. The Balaban J connectivity index is 0.000000921. The first kappa shape index (κ1) is 14.4. The summed E-state index contributed by atoms with van der Waals surface area (Å²) in [5.74, 6) is 0.254. The number of carbonyl (C=O) groups is 1. The van der Waals surface area contributed by atoms with Crippen LogP contribution in [-0.4, -0.2) is 5.78 Å². The molecule has 0 radical (unpaired) electrons. The average Bonchev–Trinajstić information content (AvgIpc) is 2.21. The Kier molecular flexibility index (Phi) is 6.55. The topological polar surface area (TPSA) is 17.1 Å². The molecule has 1 nitrogen and oxygen atoms in total. The average molecular weight is 210 g/mol.